The zero-order valence-electron chi connectivity index (χ0n) is 11.2. The molecule has 1 atom stereocenters. The van der Waals surface area contributed by atoms with Gasteiger partial charge >= 0.3 is 0 Å². The van der Waals surface area contributed by atoms with Crippen LogP contribution in [0.25, 0.3) is 22.6 Å². The minimum atomic E-state index is -0.0933. The first-order valence-corrected chi connectivity index (χ1v) is 6.87. The van der Waals surface area contributed by atoms with Gasteiger partial charge in [-0.25, -0.2) is 4.98 Å². The lowest BCUT2D eigenvalue weighted by atomic mass is 10.2. The van der Waals surface area contributed by atoms with Crippen molar-refractivity contribution in [3.63, 3.8) is 0 Å². The van der Waals surface area contributed by atoms with E-state index in [1.807, 2.05) is 12.1 Å². The molecular formula is C16H13NO4. The molecule has 5 nitrogen and oxygen atoms in total. The summed E-state index contributed by atoms with van der Waals surface area (Å²) in [7, 11) is 0. The van der Waals surface area contributed by atoms with E-state index in [-0.39, 0.29) is 5.43 Å². The van der Waals surface area contributed by atoms with Gasteiger partial charge in [0.05, 0.1) is 19.3 Å². The number of ether oxygens (including phenoxy) is 2. The topological polar surface area (TPSA) is 64.9 Å². The van der Waals surface area contributed by atoms with Crippen molar-refractivity contribution in [3.8, 4) is 17.2 Å². The van der Waals surface area contributed by atoms with Crippen LogP contribution in [0.15, 0.2) is 45.6 Å². The Kier molecular flexibility index (Phi) is 2.86. The molecule has 0 saturated carbocycles. The predicted octanol–water partition coefficient (Wildman–Crippen LogP) is 2.46. The van der Waals surface area contributed by atoms with Gasteiger partial charge in [-0.05, 0) is 24.3 Å². The smallest absolute Gasteiger partial charge is 0.182 e. The van der Waals surface area contributed by atoms with E-state index >= 15 is 0 Å². The lowest BCUT2D eigenvalue weighted by molar-refractivity contribution is 0.283. The summed E-state index contributed by atoms with van der Waals surface area (Å²) in [5.41, 5.74) is 1.91. The average Bonchev–Trinajstić information content (AvgIpc) is 3.29. The fourth-order valence-electron chi connectivity index (χ4n) is 2.22. The number of nitrogens with zero attached hydrogens (tertiary/aromatic N) is 1. The molecule has 0 N–H and O–H groups in total. The Hall–Kier alpha value is -2.40. The van der Waals surface area contributed by atoms with Gasteiger partial charge in [-0.3, -0.25) is 4.79 Å². The zero-order chi connectivity index (χ0) is 14.2. The third-order valence-corrected chi connectivity index (χ3v) is 3.43. The molecule has 0 spiro atoms. The SMILES string of the molecule is O=c1ccc2nc3ccc(OCCC4CO4)cc3oc-2c1. The lowest BCUT2D eigenvalue weighted by Gasteiger charge is -2.08. The predicted molar refractivity (Wildman–Crippen MR) is 76.8 cm³/mol. The summed E-state index contributed by atoms with van der Waals surface area (Å²) in [6.45, 7) is 1.45. The molecule has 1 fully saturated rings. The summed E-state index contributed by atoms with van der Waals surface area (Å²) in [6.07, 6.45) is 1.25. The summed E-state index contributed by atoms with van der Waals surface area (Å²) >= 11 is 0. The van der Waals surface area contributed by atoms with Gasteiger partial charge in [-0.15, -0.1) is 0 Å². The van der Waals surface area contributed by atoms with Gasteiger partial charge in [0.15, 0.2) is 16.8 Å². The standard InChI is InChI=1S/C16H13NO4/c18-10-1-3-13-15(7-10)21-16-8-11(2-4-14(16)17-13)19-6-5-12-9-20-12/h1-4,7-8,12H,5-6,9H2. The van der Waals surface area contributed by atoms with Crippen LogP contribution in [0.5, 0.6) is 5.75 Å². The minimum absolute atomic E-state index is 0.0933. The van der Waals surface area contributed by atoms with Crippen molar-refractivity contribution in [2.75, 3.05) is 13.2 Å². The van der Waals surface area contributed by atoms with Crippen LogP contribution in [0.1, 0.15) is 6.42 Å². The Morgan fingerprint density at radius 1 is 1.24 bits per heavy atom. The molecule has 4 rings (SSSR count). The third kappa shape index (κ3) is 2.60. The Bertz CT molecular complexity index is 822. The van der Waals surface area contributed by atoms with E-state index in [2.05, 4.69) is 4.98 Å². The molecule has 0 amide bonds. The van der Waals surface area contributed by atoms with E-state index < -0.39 is 0 Å². The average molecular weight is 283 g/mol. The molecule has 5 heteroatoms. The van der Waals surface area contributed by atoms with Gasteiger partial charge in [0.2, 0.25) is 0 Å². The molecule has 1 aliphatic carbocycles. The monoisotopic (exact) mass is 283 g/mol. The van der Waals surface area contributed by atoms with E-state index in [4.69, 9.17) is 13.9 Å². The molecule has 1 unspecified atom stereocenters. The van der Waals surface area contributed by atoms with Crippen molar-refractivity contribution in [2.45, 2.75) is 12.5 Å². The first-order valence-electron chi connectivity index (χ1n) is 6.87. The Labute approximate surface area is 120 Å². The van der Waals surface area contributed by atoms with Crippen molar-refractivity contribution in [2.24, 2.45) is 0 Å². The van der Waals surface area contributed by atoms with Crippen LogP contribution in [-0.4, -0.2) is 24.3 Å². The first-order chi connectivity index (χ1) is 10.3. The number of fused-ring (bicyclic) bond motifs is 2. The highest BCUT2D eigenvalue weighted by Crippen LogP contribution is 2.26. The summed E-state index contributed by atoms with van der Waals surface area (Å²) < 4.78 is 16.5. The molecule has 1 aromatic carbocycles. The summed E-state index contributed by atoms with van der Waals surface area (Å²) in [6, 6.07) is 10.1. The summed E-state index contributed by atoms with van der Waals surface area (Å²) in [4.78, 5) is 15.8. The second-order valence-electron chi connectivity index (χ2n) is 5.07. The van der Waals surface area contributed by atoms with Gasteiger partial charge in [0.25, 0.3) is 0 Å². The van der Waals surface area contributed by atoms with E-state index in [1.165, 1.54) is 12.1 Å². The van der Waals surface area contributed by atoms with Crippen LogP contribution in [0.2, 0.25) is 0 Å². The van der Waals surface area contributed by atoms with Crippen LogP contribution >= 0.6 is 0 Å². The molecule has 21 heavy (non-hydrogen) atoms. The maximum atomic E-state index is 11.4. The highest BCUT2D eigenvalue weighted by atomic mass is 16.6. The van der Waals surface area contributed by atoms with Gasteiger partial charge in [0, 0.05) is 18.6 Å². The largest absolute Gasteiger partial charge is 0.493 e. The van der Waals surface area contributed by atoms with E-state index in [0.717, 1.165) is 24.3 Å². The molecule has 0 bridgehead atoms. The zero-order valence-corrected chi connectivity index (χ0v) is 11.2. The molecule has 0 aromatic heterocycles. The quantitative estimate of drug-likeness (QED) is 0.543. The van der Waals surface area contributed by atoms with Crippen molar-refractivity contribution >= 4 is 11.1 Å². The van der Waals surface area contributed by atoms with Crippen LogP contribution in [-0.2, 0) is 4.74 Å². The first kappa shape index (κ1) is 12.3. The fraction of sp³-hybridized carbons (Fsp3) is 0.250. The van der Waals surface area contributed by atoms with Gasteiger partial charge in [-0.1, -0.05) is 0 Å². The summed E-state index contributed by atoms with van der Waals surface area (Å²) in [5.74, 6) is 1.21. The molecule has 1 aromatic rings. The maximum Gasteiger partial charge on any atom is 0.182 e. The van der Waals surface area contributed by atoms with Crippen molar-refractivity contribution in [1.82, 2.24) is 4.98 Å². The Morgan fingerprint density at radius 3 is 3.00 bits per heavy atom. The number of rotatable bonds is 4. The highest BCUT2D eigenvalue weighted by Gasteiger charge is 2.21. The molecule has 2 heterocycles. The van der Waals surface area contributed by atoms with Crippen molar-refractivity contribution in [1.29, 1.82) is 0 Å². The second kappa shape index (κ2) is 4.86. The maximum absolute atomic E-state index is 11.4. The number of aromatic nitrogens is 1. The molecule has 1 saturated heterocycles. The van der Waals surface area contributed by atoms with Crippen LogP contribution in [0.4, 0.5) is 0 Å². The number of benzene rings is 2. The molecule has 2 aliphatic heterocycles. The Morgan fingerprint density at radius 2 is 2.14 bits per heavy atom. The Balaban J connectivity index is 1.67. The second-order valence-corrected chi connectivity index (χ2v) is 5.07. The molecule has 0 radical (unpaired) electrons. The molecule has 106 valence electrons. The van der Waals surface area contributed by atoms with Gasteiger partial charge < -0.3 is 13.9 Å². The molecular weight excluding hydrogens is 270 g/mol. The summed E-state index contributed by atoms with van der Waals surface area (Å²) in [5, 5.41) is 0. The number of hydrogen-bond donors (Lipinski definition) is 0. The normalized spacial score (nSPS) is 17.2. The van der Waals surface area contributed by atoms with Gasteiger partial charge in [0.1, 0.15) is 17.0 Å². The highest BCUT2D eigenvalue weighted by molar-refractivity contribution is 5.77. The fourth-order valence-corrected chi connectivity index (χ4v) is 2.22. The van der Waals surface area contributed by atoms with Crippen LogP contribution < -0.4 is 10.2 Å². The number of hydrogen-bond acceptors (Lipinski definition) is 5. The van der Waals surface area contributed by atoms with E-state index in [0.29, 0.717) is 29.7 Å². The minimum Gasteiger partial charge on any atom is -0.493 e. The van der Waals surface area contributed by atoms with E-state index in [9.17, 15) is 4.79 Å². The lowest BCUT2D eigenvalue weighted by Crippen LogP contribution is -2.01. The van der Waals surface area contributed by atoms with Crippen molar-refractivity contribution < 1.29 is 13.9 Å². The van der Waals surface area contributed by atoms with Crippen LogP contribution in [0.3, 0.4) is 0 Å². The molecule has 3 aliphatic rings. The van der Waals surface area contributed by atoms with Crippen LogP contribution in [0, 0.1) is 0 Å². The van der Waals surface area contributed by atoms with E-state index in [1.54, 1.807) is 12.1 Å². The van der Waals surface area contributed by atoms with Gasteiger partial charge in [-0.2, -0.15) is 0 Å². The van der Waals surface area contributed by atoms with Crippen molar-refractivity contribution in [3.05, 3.63) is 46.6 Å². The third-order valence-electron chi connectivity index (χ3n) is 3.43. The number of epoxide rings is 1.